The second-order valence-electron chi connectivity index (χ2n) is 6.12. The summed E-state index contributed by atoms with van der Waals surface area (Å²) in [4.78, 5) is 24.0. The van der Waals surface area contributed by atoms with E-state index in [-0.39, 0.29) is 11.4 Å². The van der Waals surface area contributed by atoms with E-state index in [4.69, 9.17) is 0 Å². The molecule has 0 aliphatic rings. The predicted octanol–water partition coefficient (Wildman–Crippen LogP) is 4.48. The van der Waals surface area contributed by atoms with Gasteiger partial charge in [-0.25, -0.2) is 9.37 Å². The van der Waals surface area contributed by atoms with Crippen LogP contribution in [0.25, 0.3) is 20.7 Å². The molecule has 0 saturated heterocycles. The van der Waals surface area contributed by atoms with E-state index in [2.05, 4.69) is 9.97 Å². The average Bonchev–Trinajstić information content (AvgIpc) is 3.26. The molecule has 1 N–H and O–H groups in total. The number of hydrogen-bond donors (Lipinski definition) is 1. The standard InChI is InChI=1S/C19H16FN3OS2/c1-23(9-12-4-6-13(20)7-5-12)10-16-21-18(24)17-14(11-26-19(17)22-16)15-3-2-8-25-15/h2-8,11H,9-10H2,1H3,(H,21,22,24). The molecule has 4 aromatic rings. The second-order valence-corrected chi connectivity index (χ2v) is 7.92. The summed E-state index contributed by atoms with van der Waals surface area (Å²) in [6.45, 7) is 1.15. The maximum atomic E-state index is 13.0. The van der Waals surface area contributed by atoms with Crippen LogP contribution >= 0.6 is 22.7 Å². The number of rotatable bonds is 5. The molecule has 1 aromatic carbocycles. The SMILES string of the molecule is CN(Cc1ccc(F)cc1)Cc1nc2scc(-c3cccs3)c2c(=O)[nH]1. The number of benzene rings is 1. The second kappa shape index (κ2) is 7.11. The number of aromatic amines is 1. The molecule has 4 rings (SSSR count). The lowest BCUT2D eigenvalue weighted by Crippen LogP contribution is -2.21. The number of thiophene rings is 2. The van der Waals surface area contributed by atoms with E-state index >= 15 is 0 Å². The zero-order chi connectivity index (χ0) is 18.1. The van der Waals surface area contributed by atoms with Crippen molar-refractivity contribution in [2.45, 2.75) is 13.1 Å². The van der Waals surface area contributed by atoms with E-state index < -0.39 is 0 Å². The van der Waals surface area contributed by atoms with Crippen LogP contribution < -0.4 is 5.56 Å². The molecule has 0 radical (unpaired) electrons. The zero-order valence-corrected chi connectivity index (χ0v) is 15.7. The Bertz CT molecular complexity index is 1080. The maximum Gasteiger partial charge on any atom is 0.260 e. The van der Waals surface area contributed by atoms with Crippen LogP contribution in [-0.4, -0.2) is 21.9 Å². The van der Waals surface area contributed by atoms with Crippen LogP contribution in [0.4, 0.5) is 4.39 Å². The van der Waals surface area contributed by atoms with Crippen LogP contribution in [0, 0.1) is 5.82 Å². The molecule has 0 atom stereocenters. The summed E-state index contributed by atoms with van der Waals surface area (Å²) >= 11 is 3.10. The highest BCUT2D eigenvalue weighted by Crippen LogP contribution is 2.33. The van der Waals surface area contributed by atoms with Crippen molar-refractivity contribution in [2.75, 3.05) is 7.05 Å². The number of nitrogens with one attached hydrogen (secondary N) is 1. The Morgan fingerprint density at radius 2 is 1.96 bits per heavy atom. The molecule has 0 spiro atoms. The van der Waals surface area contributed by atoms with Gasteiger partial charge in [-0.15, -0.1) is 22.7 Å². The number of halogens is 1. The number of fused-ring (bicyclic) bond motifs is 1. The Balaban J connectivity index is 1.57. The monoisotopic (exact) mass is 385 g/mol. The number of nitrogens with zero attached hydrogens (tertiary/aromatic N) is 2. The molecule has 4 nitrogen and oxygen atoms in total. The average molecular weight is 385 g/mol. The molecular weight excluding hydrogens is 369 g/mol. The fourth-order valence-corrected chi connectivity index (χ4v) is 4.68. The van der Waals surface area contributed by atoms with E-state index in [1.807, 2.05) is 34.8 Å². The van der Waals surface area contributed by atoms with E-state index in [0.29, 0.717) is 24.3 Å². The van der Waals surface area contributed by atoms with Gasteiger partial charge in [-0.05, 0) is 36.2 Å². The van der Waals surface area contributed by atoms with Crippen LogP contribution in [-0.2, 0) is 13.1 Å². The summed E-state index contributed by atoms with van der Waals surface area (Å²) in [7, 11) is 1.94. The van der Waals surface area contributed by atoms with Crippen molar-refractivity contribution >= 4 is 32.9 Å². The molecule has 0 amide bonds. The van der Waals surface area contributed by atoms with Crippen LogP contribution in [0.15, 0.2) is 52.0 Å². The zero-order valence-electron chi connectivity index (χ0n) is 14.0. The minimum absolute atomic E-state index is 0.107. The normalized spacial score (nSPS) is 11.5. The summed E-state index contributed by atoms with van der Waals surface area (Å²) in [5, 5.41) is 4.65. The molecule has 132 valence electrons. The van der Waals surface area contributed by atoms with Crippen LogP contribution in [0.5, 0.6) is 0 Å². The maximum absolute atomic E-state index is 13.0. The molecule has 26 heavy (non-hydrogen) atoms. The summed E-state index contributed by atoms with van der Waals surface area (Å²) < 4.78 is 13.0. The predicted molar refractivity (Wildman–Crippen MR) is 105 cm³/mol. The van der Waals surface area contributed by atoms with Gasteiger partial charge < -0.3 is 4.98 Å². The van der Waals surface area contributed by atoms with E-state index in [1.165, 1.54) is 23.5 Å². The summed E-state index contributed by atoms with van der Waals surface area (Å²) in [5.41, 5.74) is 1.85. The topological polar surface area (TPSA) is 49.0 Å². The first-order valence-corrected chi connectivity index (χ1v) is 9.83. The highest BCUT2D eigenvalue weighted by atomic mass is 32.1. The lowest BCUT2D eigenvalue weighted by Gasteiger charge is -2.16. The van der Waals surface area contributed by atoms with Gasteiger partial charge in [0.05, 0.1) is 11.9 Å². The van der Waals surface area contributed by atoms with Crippen molar-refractivity contribution in [3.63, 3.8) is 0 Å². The first kappa shape index (κ1) is 17.1. The van der Waals surface area contributed by atoms with Crippen molar-refractivity contribution in [3.05, 3.63) is 74.7 Å². The number of hydrogen-bond acceptors (Lipinski definition) is 5. The van der Waals surface area contributed by atoms with Crippen LogP contribution in [0.3, 0.4) is 0 Å². The molecule has 0 aliphatic heterocycles. The lowest BCUT2D eigenvalue weighted by atomic mass is 10.2. The van der Waals surface area contributed by atoms with Crippen LogP contribution in [0.2, 0.25) is 0 Å². The quantitative estimate of drug-likeness (QED) is 0.551. The van der Waals surface area contributed by atoms with Crippen molar-refractivity contribution in [2.24, 2.45) is 0 Å². The molecule has 0 bridgehead atoms. The minimum atomic E-state index is -0.243. The van der Waals surface area contributed by atoms with Crippen molar-refractivity contribution in [3.8, 4) is 10.4 Å². The van der Waals surface area contributed by atoms with E-state index in [9.17, 15) is 9.18 Å². The van der Waals surface area contributed by atoms with Gasteiger partial charge in [0, 0.05) is 22.4 Å². The number of aromatic nitrogens is 2. The smallest absolute Gasteiger partial charge is 0.260 e. The Morgan fingerprint density at radius 1 is 1.15 bits per heavy atom. The lowest BCUT2D eigenvalue weighted by molar-refractivity contribution is 0.310. The molecule has 3 aromatic heterocycles. The third-order valence-electron chi connectivity index (χ3n) is 4.07. The van der Waals surface area contributed by atoms with Gasteiger partial charge in [-0.1, -0.05) is 18.2 Å². The van der Waals surface area contributed by atoms with Gasteiger partial charge in [0.25, 0.3) is 5.56 Å². The van der Waals surface area contributed by atoms with Gasteiger partial charge in [-0.2, -0.15) is 0 Å². The third kappa shape index (κ3) is 3.46. The van der Waals surface area contributed by atoms with Gasteiger partial charge in [-0.3, -0.25) is 9.69 Å². The first-order valence-electron chi connectivity index (χ1n) is 8.07. The minimum Gasteiger partial charge on any atom is -0.309 e. The molecule has 0 saturated carbocycles. The largest absolute Gasteiger partial charge is 0.309 e. The van der Waals surface area contributed by atoms with E-state index in [1.54, 1.807) is 23.5 Å². The van der Waals surface area contributed by atoms with Crippen molar-refractivity contribution < 1.29 is 4.39 Å². The summed E-state index contributed by atoms with van der Waals surface area (Å²) in [6, 6.07) is 10.4. The Morgan fingerprint density at radius 3 is 2.69 bits per heavy atom. The van der Waals surface area contributed by atoms with Gasteiger partial charge >= 0.3 is 0 Å². The molecule has 7 heteroatoms. The van der Waals surface area contributed by atoms with Gasteiger partial charge in [0.1, 0.15) is 16.5 Å². The molecule has 0 aliphatic carbocycles. The summed E-state index contributed by atoms with van der Waals surface area (Å²) in [6.07, 6.45) is 0. The molecule has 0 fully saturated rings. The van der Waals surface area contributed by atoms with Crippen LogP contribution in [0.1, 0.15) is 11.4 Å². The fourth-order valence-electron chi connectivity index (χ4n) is 2.89. The molecule has 3 heterocycles. The van der Waals surface area contributed by atoms with E-state index in [0.717, 1.165) is 20.8 Å². The third-order valence-corrected chi connectivity index (χ3v) is 5.84. The van der Waals surface area contributed by atoms with Crippen molar-refractivity contribution in [1.82, 2.24) is 14.9 Å². The highest BCUT2D eigenvalue weighted by molar-refractivity contribution is 7.18. The van der Waals surface area contributed by atoms with Crippen molar-refractivity contribution in [1.29, 1.82) is 0 Å². The highest BCUT2D eigenvalue weighted by Gasteiger charge is 2.14. The van der Waals surface area contributed by atoms with Gasteiger partial charge in [0.2, 0.25) is 0 Å². The fraction of sp³-hybridized carbons (Fsp3) is 0.158. The Labute approximate surface area is 157 Å². The molecular formula is C19H16FN3OS2. The number of H-pyrrole nitrogens is 1. The Hall–Kier alpha value is -2.35. The summed E-state index contributed by atoms with van der Waals surface area (Å²) in [5.74, 6) is 0.388. The Kier molecular flexibility index (Phi) is 4.67. The van der Waals surface area contributed by atoms with Gasteiger partial charge in [0.15, 0.2) is 0 Å². The molecule has 0 unspecified atom stereocenters. The first-order chi connectivity index (χ1) is 12.6.